The summed E-state index contributed by atoms with van der Waals surface area (Å²) < 4.78 is 16.4. The molecule has 0 radical (unpaired) electrons. The summed E-state index contributed by atoms with van der Waals surface area (Å²) in [6.07, 6.45) is -1.60. The maximum atomic E-state index is 13.1. The molecule has 0 aromatic heterocycles. The SMILES string of the molecule is COC(=O)[C@H]1CN(C(=O)[C@H](C)Oc2cccc(C)c2C)c2ccccc2O1. The molecular formula is C21H23NO5. The van der Waals surface area contributed by atoms with Crippen LogP contribution in [0.4, 0.5) is 5.69 Å². The van der Waals surface area contributed by atoms with Gasteiger partial charge >= 0.3 is 5.97 Å². The van der Waals surface area contributed by atoms with Crippen molar-refractivity contribution >= 4 is 17.6 Å². The van der Waals surface area contributed by atoms with Crippen molar-refractivity contribution in [3.05, 3.63) is 53.6 Å². The van der Waals surface area contributed by atoms with Crippen molar-refractivity contribution in [1.29, 1.82) is 0 Å². The molecule has 6 nitrogen and oxygen atoms in total. The molecule has 0 spiro atoms. The van der Waals surface area contributed by atoms with Crippen LogP contribution in [0.5, 0.6) is 11.5 Å². The van der Waals surface area contributed by atoms with Crippen molar-refractivity contribution < 1.29 is 23.8 Å². The first-order chi connectivity index (χ1) is 12.9. The van der Waals surface area contributed by atoms with Gasteiger partial charge in [0.2, 0.25) is 6.10 Å². The van der Waals surface area contributed by atoms with Crippen LogP contribution in [-0.4, -0.2) is 37.7 Å². The molecule has 2 aromatic rings. The van der Waals surface area contributed by atoms with E-state index in [1.165, 1.54) is 12.0 Å². The molecule has 6 heteroatoms. The molecular weight excluding hydrogens is 346 g/mol. The molecule has 0 saturated heterocycles. The smallest absolute Gasteiger partial charge is 0.348 e. The summed E-state index contributed by atoms with van der Waals surface area (Å²) in [7, 11) is 1.30. The molecule has 0 fully saturated rings. The first kappa shape index (κ1) is 18.8. The number of hydrogen-bond donors (Lipinski definition) is 0. The van der Waals surface area contributed by atoms with Gasteiger partial charge in [0, 0.05) is 0 Å². The maximum absolute atomic E-state index is 13.1. The number of rotatable bonds is 4. The van der Waals surface area contributed by atoms with Crippen LogP contribution in [0.25, 0.3) is 0 Å². The number of carbonyl (C=O) groups is 2. The minimum Gasteiger partial charge on any atom is -0.481 e. The van der Waals surface area contributed by atoms with E-state index in [2.05, 4.69) is 0 Å². The predicted octanol–water partition coefficient (Wildman–Crippen LogP) is 3.04. The van der Waals surface area contributed by atoms with E-state index in [9.17, 15) is 9.59 Å². The van der Waals surface area contributed by atoms with E-state index in [-0.39, 0.29) is 12.5 Å². The molecule has 2 aromatic carbocycles. The van der Waals surface area contributed by atoms with Gasteiger partial charge in [-0.2, -0.15) is 0 Å². The van der Waals surface area contributed by atoms with Crippen LogP contribution < -0.4 is 14.4 Å². The molecule has 1 aliphatic rings. The van der Waals surface area contributed by atoms with Crippen LogP contribution in [0.15, 0.2) is 42.5 Å². The molecule has 0 aliphatic carbocycles. The maximum Gasteiger partial charge on any atom is 0.348 e. The van der Waals surface area contributed by atoms with Crippen LogP contribution in [0.1, 0.15) is 18.1 Å². The van der Waals surface area contributed by atoms with Crippen LogP contribution >= 0.6 is 0 Å². The predicted molar refractivity (Wildman–Crippen MR) is 101 cm³/mol. The zero-order chi connectivity index (χ0) is 19.6. The Morgan fingerprint density at radius 2 is 1.89 bits per heavy atom. The van der Waals surface area contributed by atoms with Crippen LogP contribution in [0.2, 0.25) is 0 Å². The first-order valence-corrected chi connectivity index (χ1v) is 8.80. The van der Waals surface area contributed by atoms with Crippen LogP contribution in [0, 0.1) is 13.8 Å². The van der Waals surface area contributed by atoms with Gasteiger partial charge in [-0.15, -0.1) is 0 Å². The topological polar surface area (TPSA) is 65.1 Å². The third-order valence-electron chi connectivity index (χ3n) is 4.71. The Kier molecular flexibility index (Phi) is 5.35. The second kappa shape index (κ2) is 7.70. The van der Waals surface area contributed by atoms with Gasteiger partial charge in [-0.05, 0) is 50.1 Å². The van der Waals surface area contributed by atoms with Gasteiger partial charge in [-0.3, -0.25) is 4.79 Å². The summed E-state index contributed by atoms with van der Waals surface area (Å²) in [5, 5.41) is 0. The Labute approximate surface area is 158 Å². The Morgan fingerprint density at radius 3 is 2.63 bits per heavy atom. The van der Waals surface area contributed by atoms with Crippen molar-refractivity contribution in [2.45, 2.75) is 33.0 Å². The number of amides is 1. The van der Waals surface area contributed by atoms with E-state index < -0.39 is 18.2 Å². The van der Waals surface area contributed by atoms with E-state index in [1.807, 2.05) is 38.1 Å². The van der Waals surface area contributed by atoms with E-state index in [4.69, 9.17) is 14.2 Å². The summed E-state index contributed by atoms with van der Waals surface area (Å²) in [6.45, 7) is 5.73. The number of nitrogens with zero attached hydrogens (tertiary/aromatic N) is 1. The number of anilines is 1. The minimum atomic E-state index is -0.873. The highest BCUT2D eigenvalue weighted by atomic mass is 16.6. The summed E-state index contributed by atoms with van der Waals surface area (Å²) >= 11 is 0. The quantitative estimate of drug-likeness (QED) is 0.775. The van der Waals surface area contributed by atoms with Gasteiger partial charge in [0.25, 0.3) is 5.91 Å². The van der Waals surface area contributed by atoms with E-state index in [0.29, 0.717) is 17.2 Å². The second-order valence-electron chi connectivity index (χ2n) is 6.50. The Morgan fingerprint density at radius 1 is 1.15 bits per heavy atom. The van der Waals surface area contributed by atoms with Gasteiger partial charge in [0.1, 0.15) is 11.5 Å². The van der Waals surface area contributed by atoms with Gasteiger partial charge in [0.15, 0.2) is 6.10 Å². The highest BCUT2D eigenvalue weighted by Crippen LogP contribution is 2.34. The number of esters is 1. The number of hydrogen-bond acceptors (Lipinski definition) is 5. The van der Waals surface area contributed by atoms with Gasteiger partial charge in [-0.1, -0.05) is 24.3 Å². The lowest BCUT2D eigenvalue weighted by molar-refractivity contribution is -0.148. The van der Waals surface area contributed by atoms with Crippen molar-refractivity contribution in [2.24, 2.45) is 0 Å². The van der Waals surface area contributed by atoms with Crippen molar-refractivity contribution in [1.82, 2.24) is 0 Å². The standard InChI is InChI=1S/C21H23NO5/c1-13-8-7-11-17(14(13)2)26-15(3)20(23)22-12-19(21(24)25-4)27-18-10-6-5-9-16(18)22/h5-11,15,19H,12H2,1-4H3/t15-,19+/m0/s1. The minimum absolute atomic E-state index is 0.0724. The summed E-state index contributed by atoms with van der Waals surface area (Å²) in [4.78, 5) is 26.6. The third-order valence-corrected chi connectivity index (χ3v) is 4.71. The Balaban J connectivity index is 1.85. The number of benzene rings is 2. The molecule has 1 amide bonds. The zero-order valence-electron chi connectivity index (χ0n) is 15.9. The van der Waals surface area contributed by atoms with E-state index in [0.717, 1.165) is 11.1 Å². The molecule has 142 valence electrons. The number of fused-ring (bicyclic) bond motifs is 1. The lowest BCUT2D eigenvalue weighted by atomic mass is 10.1. The summed E-state index contributed by atoms with van der Waals surface area (Å²) in [5.74, 6) is 0.360. The fourth-order valence-corrected chi connectivity index (χ4v) is 3.01. The normalized spacial score (nSPS) is 16.7. The van der Waals surface area contributed by atoms with Crippen molar-refractivity contribution in [3.63, 3.8) is 0 Å². The molecule has 2 atom stereocenters. The molecule has 0 saturated carbocycles. The zero-order valence-corrected chi connectivity index (χ0v) is 15.9. The van der Waals surface area contributed by atoms with Gasteiger partial charge in [0.05, 0.1) is 19.3 Å². The highest BCUT2D eigenvalue weighted by molar-refractivity contribution is 5.99. The van der Waals surface area contributed by atoms with Crippen LogP contribution in [0.3, 0.4) is 0 Å². The Hall–Kier alpha value is -3.02. The average Bonchev–Trinajstić information content (AvgIpc) is 2.69. The highest BCUT2D eigenvalue weighted by Gasteiger charge is 2.36. The largest absolute Gasteiger partial charge is 0.481 e. The first-order valence-electron chi connectivity index (χ1n) is 8.80. The fourth-order valence-electron chi connectivity index (χ4n) is 3.01. The van der Waals surface area contributed by atoms with Crippen LogP contribution in [-0.2, 0) is 14.3 Å². The summed E-state index contributed by atoms with van der Waals surface area (Å²) in [6, 6.07) is 12.8. The molecule has 0 bridgehead atoms. The molecule has 0 N–H and O–H groups in total. The second-order valence-corrected chi connectivity index (χ2v) is 6.50. The van der Waals surface area contributed by atoms with Crippen molar-refractivity contribution in [3.8, 4) is 11.5 Å². The van der Waals surface area contributed by atoms with Gasteiger partial charge in [-0.25, -0.2) is 4.79 Å². The lowest BCUT2D eigenvalue weighted by Gasteiger charge is -2.34. The number of methoxy groups -OCH3 is 1. The Bertz CT molecular complexity index is 863. The monoisotopic (exact) mass is 369 g/mol. The number of para-hydroxylation sites is 2. The third kappa shape index (κ3) is 3.74. The van der Waals surface area contributed by atoms with Gasteiger partial charge < -0.3 is 19.1 Å². The average molecular weight is 369 g/mol. The van der Waals surface area contributed by atoms with E-state index in [1.54, 1.807) is 25.1 Å². The fraction of sp³-hybridized carbons (Fsp3) is 0.333. The molecule has 1 heterocycles. The number of carbonyl (C=O) groups excluding carboxylic acids is 2. The molecule has 27 heavy (non-hydrogen) atoms. The van der Waals surface area contributed by atoms with E-state index >= 15 is 0 Å². The molecule has 3 rings (SSSR count). The van der Waals surface area contributed by atoms with Crippen molar-refractivity contribution in [2.75, 3.05) is 18.6 Å². The number of ether oxygens (including phenoxy) is 3. The molecule has 0 unspecified atom stereocenters. The summed E-state index contributed by atoms with van der Waals surface area (Å²) in [5.41, 5.74) is 2.70. The molecule has 1 aliphatic heterocycles. The number of aryl methyl sites for hydroxylation is 1. The lowest BCUT2D eigenvalue weighted by Crippen LogP contribution is -2.51.